The Kier molecular flexibility index (Phi) is 4.67. The first-order valence-electron chi connectivity index (χ1n) is 6.89. The molecule has 2 aromatic heterocycles. The number of hydrogen-bond acceptors (Lipinski definition) is 5. The molecule has 3 rings (SSSR count). The smallest absolute Gasteiger partial charge is 0.186 e. The third-order valence-corrected chi connectivity index (χ3v) is 4.89. The van der Waals surface area contributed by atoms with Gasteiger partial charge in [0.2, 0.25) is 4.96 Å². The zero-order chi connectivity index (χ0) is 14.5. The second-order valence-corrected chi connectivity index (χ2v) is 6.64. The Labute approximate surface area is 131 Å². The Balaban J connectivity index is 1.77. The van der Waals surface area contributed by atoms with Crippen molar-refractivity contribution in [3.63, 3.8) is 0 Å². The van der Waals surface area contributed by atoms with Crippen molar-refractivity contribution >= 4 is 40.2 Å². The normalized spacial score (nSPS) is 11.7. The van der Waals surface area contributed by atoms with Crippen LogP contribution in [0.3, 0.4) is 0 Å². The minimum Gasteiger partial charge on any atom is -0.186 e. The molecule has 0 aliphatic rings. The maximum absolute atomic E-state index is 4.58. The summed E-state index contributed by atoms with van der Waals surface area (Å²) in [6, 6.07) is 10.2. The lowest BCUT2D eigenvalue weighted by atomic mass is 10.2. The molecule has 4 nitrogen and oxygen atoms in total. The highest BCUT2D eigenvalue weighted by Crippen LogP contribution is 2.19. The molecule has 0 bridgehead atoms. The van der Waals surface area contributed by atoms with Crippen LogP contribution >= 0.6 is 23.1 Å². The van der Waals surface area contributed by atoms with Gasteiger partial charge in [0, 0.05) is 0 Å². The van der Waals surface area contributed by atoms with Gasteiger partial charge in [-0.25, -0.2) is 0 Å². The van der Waals surface area contributed by atoms with Crippen LogP contribution in [0.5, 0.6) is 0 Å². The maximum atomic E-state index is 4.58. The molecule has 0 aliphatic heterocycles. The number of nitrogens with zero attached hydrogens (tertiary/aromatic N) is 4. The zero-order valence-electron chi connectivity index (χ0n) is 11.8. The molecule has 0 saturated carbocycles. The van der Waals surface area contributed by atoms with Gasteiger partial charge in [0.1, 0.15) is 5.01 Å². The van der Waals surface area contributed by atoms with Crippen molar-refractivity contribution in [1.29, 1.82) is 0 Å². The van der Waals surface area contributed by atoms with E-state index in [0.717, 1.165) is 27.3 Å². The molecule has 0 radical (unpaired) electrons. The molecule has 0 aliphatic carbocycles. The fraction of sp³-hybridized carbons (Fsp3) is 0.267. The molecule has 0 atom stereocenters. The minimum absolute atomic E-state index is 0.856. The van der Waals surface area contributed by atoms with Crippen molar-refractivity contribution in [2.24, 2.45) is 0 Å². The fourth-order valence-electron chi connectivity index (χ4n) is 1.87. The van der Waals surface area contributed by atoms with Crippen molar-refractivity contribution in [3.8, 4) is 0 Å². The van der Waals surface area contributed by atoms with Crippen LogP contribution in [0.15, 0.2) is 30.3 Å². The largest absolute Gasteiger partial charge is 0.234 e. The van der Waals surface area contributed by atoms with Gasteiger partial charge >= 0.3 is 0 Å². The van der Waals surface area contributed by atoms with Crippen LogP contribution in [0.4, 0.5) is 0 Å². The van der Waals surface area contributed by atoms with Crippen molar-refractivity contribution in [2.45, 2.75) is 19.1 Å². The molecule has 0 unspecified atom stereocenters. The lowest BCUT2D eigenvalue weighted by Crippen LogP contribution is -1.94. The summed E-state index contributed by atoms with van der Waals surface area (Å²) >= 11 is 3.43. The predicted molar refractivity (Wildman–Crippen MR) is 90.5 cm³/mol. The van der Waals surface area contributed by atoms with Gasteiger partial charge < -0.3 is 0 Å². The van der Waals surface area contributed by atoms with Gasteiger partial charge in [-0.1, -0.05) is 54.7 Å². The molecule has 0 fully saturated rings. The molecule has 0 saturated heterocycles. The van der Waals surface area contributed by atoms with E-state index in [1.54, 1.807) is 11.3 Å². The number of aromatic nitrogens is 4. The van der Waals surface area contributed by atoms with Gasteiger partial charge in [0.15, 0.2) is 5.82 Å². The van der Waals surface area contributed by atoms with Gasteiger partial charge in [-0.05, 0) is 23.8 Å². The Bertz CT molecular complexity index is 731. The first kappa shape index (κ1) is 14.3. The van der Waals surface area contributed by atoms with Crippen LogP contribution in [0.1, 0.15) is 29.7 Å². The van der Waals surface area contributed by atoms with Gasteiger partial charge in [-0.15, -0.1) is 10.2 Å². The number of rotatable bonds is 6. The zero-order valence-corrected chi connectivity index (χ0v) is 13.4. The minimum atomic E-state index is 0.856. The second-order valence-electron chi connectivity index (χ2n) is 4.55. The monoisotopic (exact) mass is 316 g/mol. The fourth-order valence-corrected chi connectivity index (χ4v) is 3.42. The summed E-state index contributed by atoms with van der Waals surface area (Å²) in [4.78, 5) is 0.856. The molecule has 6 heteroatoms. The Morgan fingerprint density at radius 2 is 2.05 bits per heavy atom. The highest BCUT2D eigenvalue weighted by Gasteiger charge is 2.09. The summed E-state index contributed by atoms with van der Waals surface area (Å²) in [5, 5.41) is 13.9. The quantitative estimate of drug-likeness (QED) is 0.645. The summed E-state index contributed by atoms with van der Waals surface area (Å²) in [5.41, 5.74) is 1.17. The van der Waals surface area contributed by atoms with E-state index >= 15 is 0 Å². The van der Waals surface area contributed by atoms with E-state index in [1.807, 2.05) is 40.6 Å². The maximum Gasteiger partial charge on any atom is 0.234 e. The molecule has 21 heavy (non-hydrogen) atoms. The summed E-state index contributed by atoms with van der Waals surface area (Å²) in [6.45, 7) is 2.18. The predicted octanol–water partition coefficient (Wildman–Crippen LogP) is 4.00. The number of fused-ring (bicyclic) bond motifs is 1. The van der Waals surface area contributed by atoms with Gasteiger partial charge in [0.25, 0.3) is 0 Å². The van der Waals surface area contributed by atoms with Crippen LogP contribution in [-0.4, -0.2) is 25.6 Å². The van der Waals surface area contributed by atoms with Gasteiger partial charge in [0.05, 0.1) is 5.75 Å². The molecule has 0 N–H and O–H groups in total. The van der Waals surface area contributed by atoms with E-state index in [2.05, 4.69) is 40.4 Å². The van der Waals surface area contributed by atoms with Gasteiger partial charge in [-0.2, -0.15) is 21.4 Å². The number of hydrogen-bond donors (Lipinski definition) is 0. The summed E-state index contributed by atoms with van der Waals surface area (Å²) in [7, 11) is 0. The Morgan fingerprint density at radius 3 is 2.86 bits per heavy atom. The highest BCUT2D eigenvalue weighted by atomic mass is 32.2. The van der Waals surface area contributed by atoms with E-state index in [1.165, 1.54) is 12.0 Å². The summed E-state index contributed by atoms with van der Waals surface area (Å²) in [6.07, 6.45) is 5.27. The van der Waals surface area contributed by atoms with Crippen molar-refractivity contribution < 1.29 is 0 Å². The van der Waals surface area contributed by atoms with E-state index in [4.69, 9.17) is 0 Å². The van der Waals surface area contributed by atoms with Crippen molar-refractivity contribution in [2.75, 3.05) is 5.75 Å². The second kappa shape index (κ2) is 6.87. The Hall–Kier alpha value is -1.66. The van der Waals surface area contributed by atoms with Crippen LogP contribution < -0.4 is 0 Å². The Morgan fingerprint density at radius 1 is 1.19 bits per heavy atom. The molecule has 3 aromatic rings. The third kappa shape index (κ3) is 3.51. The van der Waals surface area contributed by atoms with Crippen LogP contribution in [0.25, 0.3) is 17.1 Å². The lowest BCUT2D eigenvalue weighted by molar-refractivity contribution is 0.879. The van der Waals surface area contributed by atoms with E-state index < -0.39 is 0 Å². The third-order valence-electron chi connectivity index (χ3n) is 2.87. The lowest BCUT2D eigenvalue weighted by Gasteiger charge is -1.95. The molecule has 0 spiro atoms. The number of benzene rings is 1. The SMILES string of the molecule is CCCSCc1nnc2sc(/C=C/c3ccccc3)nn12. The molecular formula is C15H16N4S2. The molecular weight excluding hydrogens is 300 g/mol. The van der Waals surface area contributed by atoms with Crippen LogP contribution in [-0.2, 0) is 5.75 Å². The van der Waals surface area contributed by atoms with Crippen molar-refractivity contribution in [1.82, 2.24) is 19.8 Å². The average molecular weight is 316 g/mol. The van der Waals surface area contributed by atoms with Gasteiger partial charge in [-0.3, -0.25) is 0 Å². The molecule has 0 amide bonds. The van der Waals surface area contributed by atoms with E-state index in [0.29, 0.717) is 0 Å². The first-order chi connectivity index (χ1) is 10.4. The van der Waals surface area contributed by atoms with E-state index in [-0.39, 0.29) is 0 Å². The molecule has 2 heterocycles. The first-order valence-corrected chi connectivity index (χ1v) is 8.86. The van der Waals surface area contributed by atoms with Crippen LogP contribution in [0, 0.1) is 0 Å². The average Bonchev–Trinajstić information content (AvgIpc) is 3.08. The standard InChI is InChI=1S/C15H16N4S2/c1-2-10-20-11-13-16-17-15-19(13)18-14(21-15)9-8-12-6-4-3-5-7-12/h3-9H,2,10-11H2,1H3/b9-8+. The highest BCUT2D eigenvalue weighted by molar-refractivity contribution is 7.98. The number of thioether (sulfide) groups is 1. The summed E-state index contributed by atoms with van der Waals surface area (Å²) in [5.74, 6) is 2.93. The van der Waals surface area contributed by atoms with E-state index in [9.17, 15) is 0 Å². The van der Waals surface area contributed by atoms with Crippen LogP contribution in [0.2, 0.25) is 0 Å². The topological polar surface area (TPSA) is 43.1 Å². The summed E-state index contributed by atoms with van der Waals surface area (Å²) < 4.78 is 1.86. The molecule has 108 valence electrons. The van der Waals surface area contributed by atoms with Crippen molar-refractivity contribution in [3.05, 3.63) is 46.7 Å². The molecule has 1 aromatic carbocycles.